The number of sulfonamides is 1. The molecule has 3 atom stereocenters. The zero-order valence-electron chi connectivity index (χ0n) is 17.0. The maximum absolute atomic E-state index is 13.1. The fourth-order valence-electron chi connectivity index (χ4n) is 4.48. The van der Waals surface area contributed by atoms with Crippen LogP contribution < -0.4 is 4.72 Å². The molecule has 2 aromatic rings. The Labute approximate surface area is 173 Å². The van der Waals surface area contributed by atoms with Crippen LogP contribution in [0.4, 0.5) is 0 Å². The molecule has 1 aliphatic heterocycles. The third-order valence-electron chi connectivity index (χ3n) is 5.91. The predicted octanol–water partition coefficient (Wildman–Crippen LogP) is 3.31. The summed E-state index contributed by atoms with van der Waals surface area (Å²) in [7, 11) is -3.26. The summed E-state index contributed by atoms with van der Waals surface area (Å²) in [5.74, 6) is 0.397. The molecule has 2 aliphatic rings. The molecule has 1 heterocycles. The normalized spacial score (nSPS) is 24.3. The lowest BCUT2D eigenvalue weighted by molar-refractivity contribution is -0.133. The molecule has 0 aromatic heterocycles. The van der Waals surface area contributed by atoms with Gasteiger partial charge in [-0.1, -0.05) is 54.1 Å². The minimum absolute atomic E-state index is 0.00264. The van der Waals surface area contributed by atoms with Crippen molar-refractivity contribution in [2.45, 2.75) is 38.1 Å². The lowest BCUT2D eigenvalue weighted by Gasteiger charge is -2.33. The number of aryl methyl sites for hydroxylation is 1. The van der Waals surface area contributed by atoms with Gasteiger partial charge in [0.2, 0.25) is 15.9 Å². The van der Waals surface area contributed by atoms with E-state index in [1.165, 1.54) is 28.5 Å². The van der Waals surface area contributed by atoms with Crippen LogP contribution in [0.25, 0.3) is 11.1 Å². The predicted molar refractivity (Wildman–Crippen MR) is 115 cm³/mol. The van der Waals surface area contributed by atoms with E-state index in [1.54, 1.807) is 0 Å². The van der Waals surface area contributed by atoms with Gasteiger partial charge in [-0.15, -0.1) is 0 Å². The zero-order valence-corrected chi connectivity index (χ0v) is 17.8. The average Bonchev–Trinajstić information content (AvgIpc) is 3.47. The number of nitrogens with one attached hydrogen (secondary N) is 1. The second-order valence-corrected chi connectivity index (χ2v) is 10.2. The minimum atomic E-state index is -3.26. The summed E-state index contributed by atoms with van der Waals surface area (Å²) in [4.78, 5) is 15.0. The molecule has 5 nitrogen and oxygen atoms in total. The highest BCUT2D eigenvalue weighted by Crippen LogP contribution is 2.51. The Morgan fingerprint density at radius 1 is 1.14 bits per heavy atom. The van der Waals surface area contributed by atoms with Crippen LogP contribution in [-0.4, -0.2) is 44.6 Å². The molecule has 0 unspecified atom stereocenters. The summed E-state index contributed by atoms with van der Waals surface area (Å²) in [6.07, 6.45) is 3.65. The molecule has 154 valence electrons. The van der Waals surface area contributed by atoms with E-state index >= 15 is 0 Å². The maximum atomic E-state index is 13.1. The first-order chi connectivity index (χ1) is 13.8. The number of carbonyl (C=O) groups excluding carboxylic acids is 1. The number of rotatable bonds is 5. The molecule has 4 rings (SSSR count). The third-order valence-corrected chi connectivity index (χ3v) is 6.68. The Balaban J connectivity index is 1.50. The van der Waals surface area contributed by atoms with Gasteiger partial charge < -0.3 is 4.90 Å². The summed E-state index contributed by atoms with van der Waals surface area (Å²) in [6, 6.07) is 16.6. The first-order valence-electron chi connectivity index (χ1n) is 10.2. The van der Waals surface area contributed by atoms with Gasteiger partial charge in [0.25, 0.3) is 0 Å². The van der Waals surface area contributed by atoms with E-state index in [1.807, 2.05) is 23.1 Å². The molecule has 6 heteroatoms. The number of hydrogen-bond acceptors (Lipinski definition) is 3. The van der Waals surface area contributed by atoms with Crippen LogP contribution in [0.1, 0.15) is 36.3 Å². The average molecular weight is 413 g/mol. The van der Waals surface area contributed by atoms with Crippen LogP contribution in [0.3, 0.4) is 0 Å². The third kappa shape index (κ3) is 4.70. The fraction of sp³-hybridized carbons (Fsp3) is 0.435. The van der Waals surface area contributed by atoms with Crippen LogP contribution in [0.2, 0.25) is 0 Å². The molecule has 0 spiro atoms. The standard InChI is InChI=1S/C23H28N2O3S/c1-16-10-11-19(20(13-16)17-7-4-3-5-8-17)21-14-22(21)23(26)25-12-6-9-18(15-25)24-29(2,27)28/h3-5,7-8,10-11,13,18,21-22,24H,6,9,12,14-15H2,1-2H3/t18-,21+,22-/m1/s1. The van der Waals surface area contributed by atoms with Gasteiger partial charge in [-0.3, -0.25) is 4.79 Å². The van der Waals surface area contributed by atoms with Gasteiger partial charge in [0.15, 0.2) is 0 Å². The van der Waals surface area contributed by atoms with E-state index in [0.717, 1.165) is 19.3 Å². The summed E-state index contributed by atoms with van der Waals surface area (Å²) >= 11 is 0. The van der Waals surface area contributed by atoms with Crippen molar-refractivity contribution in [3.05, 3.63) is 59.7 Å². The molecule has 0 radical (unpaired) electrons. The number of hydrogen-bond donors (Lipinski definition) is 1. The van der Waals surface area contributed by atoms with E-state index in [4.69, 9.17) is 0 Å². The molecule has 1 N–H and O–H groups in total. The summed E-state index contributed by atoms with van der Waals surface area (Å²) in [5.41, 5.74) is 4.84. The van der Waals surface area contributed by atoms with Crippen LogP contribution >= 0.6 is 0 Å². The highest BCUT2D eigenvalue weighted by Gasteiger charge is 2.47. The fourth-order valence-corrected chi connectivity index (χ4v) is 5.28. The van der Waals surface area contributed by atoms with Gasteiger partial charge in [0, 0.05) is 25.0 Å². The lowest BCUT2D eigenvalue weighted by Crippen LogP contribution is -2.49. The van der Waals surface area contributed by atoms with Crippen molar-refractivity contribution in [1.82, 2.24) is 9.62 Å². The van der Waals surface area contributed by atoms with Gasteiger partial charge >= 0.3 is 0 Å². The number of benzene rings is 2. The number of carbonyl (C=O) groups is 1. The molecule has 1 amide bonds. The van der Waals surface area contributed by atoms with Crippen LogP contribution in [0, 0.1) is 12.8 Å². The summed E-state index contributed by atoms with van der Waals surface area (Å²) in [6.45, 7) is 3.27. The second kappa shape index (κ2) is 7.92. The Kier molecular flexibility index (Phi) is 5.49. The second-order valence-electron chi connectivity index (χ2n) is 8.42. The Bertz CT molecular complexity index is 1000. The van der Waals surface area contributed by atoms with Gasteiger partial charge in [-0.25, -0.2) is 13.1 Å². The number of likely N-dealkylation sites (tertiary alicyclic amines) is 1. The molecule has 2 aromatic carbocycles. The van der Waals surface area contributed by atoms with E-state index in [9.17, 15) is 13.2 Å². The van der Waals surface area contributed by atoms with Crippen LogP contribution in [0.15, 0.2) is 48.5 Å². The van der Waals surface area contributed by atoms with Gasteiger partial charge in [-0.2, -0.15) is 0 Å². The molecular weight excluding hydrogens is 384 g/mol. The van der Waals surface area contributed by atoms with E-state index in [2.05, 4.69) is 42.0 Å². The zero-order chi connectivity index (χ0) is 20.6. The van der Waals surface area contributed by atoms with Gasteiger partial charge in [0.1, 0.15) is 0 Å². The lowest BCUT2D eigenvalue weighted by atomic mass is 9.94. The molecular formula is C23H28N2O3S. The Morgan fingerprint density at radius 2 is 1.90 bits per heavy atom. The SMILES string of the molecule is Cc1ccc([C@@H]2C[C@H]2C(=O)N2CCC[C@@H](NS(C)(=O)=O)C2)c(-c2ccccc2)c1. The molecule has 1 saturated heterocycles. The first kappa shape index (κ1) is 20.1. The van der Waals surface area contributed by atoms with Crippen molar-refractivity contribution in [2.75, 3.05) is 19.3 Å². The molecule has 29 heavy (non-hydrogen) atoms. The first-order valence-corrected chi connectivity index (χ1v) is 12.1. The molecule has 1 aliphatic carbocycles. The van der Waals surface area contributed by atoms with Crippen molar-refractivity contribution < 1.29 is 13.2 Å². The quantitative estimate of drug-likeness (QED) is 0.819. The molecule has 1 saturated carbocycles. The topological polar surface area (TPSA) is 66.5 Å². The Hall–Kier alpha value is -2.18. The van der Waals surface area contributed by atoms with Crippen molar-refractivity contribution in [3.8, 4) is 11.1 Å². The molecule has 2 fully saturated rings. The van der Waals surface area contributed by atoms with E-state index in [0.29, 0.717) is 13.1 Å². The number of nitrogens with zero attached hydrogens (tertiary/aromatic N) is 1. The monoisotopic (exact) mass is 412 g/mol. The van der Waals surface area contributed by atoms with Crippen LogP contribution in [-0.2, 0) is 14.8 Å². The summed E-state index contributed by atoms with van der Waals surface area (Å²) in [5, 5.41) is 0. The minimum Gasteiger partial charge on any atom is -0.341 e. The number of piperidine rings is 1. The van der Waals surface area contributed by atoms with Crippen molar-refractivity contribution >= 4 is 15.9 Å². The molecule has 0 bridgehead atoms. The highest BCUT2D eigenvalue weighted by atomic mass is 32.2. The van der Waals surface area contributed by atoms with Gasteiger partial charge in [-0.05, 0) is 48.8 Å². The smallest absolute Gasteiger partial charge is 0.226 e. The van der Waals surface area contributed by atoms with Crippen LogP contribution in [0.5, 0.6) is 0 Å². The van der Waals surface area contributed by atoms with Crippen molar-refractivity contribution in [3.63, 3.8) is 0 Å². The van der Waals surface area contributed by atoms with Crippen molar-refractivity contribution in [1.29, 1.82) is 0 Å². The van der Waals surface area contributed by atoms with E-state index < -0.39 is 10.0 Å². The Morgan fingerprint density at radius 3 is 2.62 bits per heavy atom. The van der Waals surface area contributed by atoms with Crippen molar-refractivity contribution in [2.24, 2.45) is 5.92 Å². The number of amides is 1. The van der Waals surface area contributed by atoms with E-state index in [-0.39, 0.29) is 23.8 Å². The highest BCUT2D eigenvalue weighted by molar-refractivity contribution is 7.88. The summed E-state index contributed by atoms with van der Waals surface area (Å²) < 4.78 is 25.7. The van der Waals surface area contributed by atoms with Gasteiger partial charge in [0.05, 0.1) is 6.26 Å². The largest absolute Gasteiger partial charge is 0.341 e. The maximum Gasteiger partial charge on any atom is 0.226 e.